The molecule has 2 rings (SSSR count). The number of aryl methyl sites for hydroxylation is 1. The zero-order valence-corrected chi connectivity index (χ0v) is 10.2. The highest BCUT2D eigenvalue weighted by atomic mass is 19.1. The molecule has 1 heterocycles. The van der Waals surface area contributed by atoms with Crippen molar-refractivity contribution in [3.05, 3.63) is 41.6 Å². The van der Waals surface area contributed by atoms with Crippen molar-refractivity contribution in [3.63, 3.8) is 0 Å². The van der Waals surface area contributed by atoms with Crippen LogP contribution in [0.4, 0.5) is 14.7 Å². The minimum Gasteiger partial charge on any atom is -0.354 e. The van der Waals surface area contributed by atoms with Crippen molar-refractivity contribution < 1.29 is 8.78 Å². The Morgan fingerprint density at radius 1 is 1.17 bits per heavy atom. The fourth-order valence-corrected chi connectivity index (χ4v) is 1.64. The van der Waals surface area contributed by atoms with Crippen molar-refractivity contribution in [1.82, 2.24) is 9.97 Å². The molecule has 0 atom stereocenters. The Morgan fingerprint density at radius 2 is 1.94 bits per heavy atom. The van der Waals surface area contributed by atoms with Gasteiger partial charge in [0.05, 0.1) is 5.69 Å². The molecule has 0 spiro atoms. The average molecular weight is 249 g/mol. The number of benzene rings is 1. The maximum Gasteiger partial charge on any atom is 0.223 e. The number of halogens is 2. The number of rotatable bonds is 3. The van der Waals surface area contributed by atoms with Crippen LogP contribution in [-0.2, 0) is 0 Å². The van der Waals surface area contributed by atoms with Crippen LogP contribution < -0.4 is 5.32 Å². The SMILES string of the molecule is CCNc1nc(C)cc(-c2cc(F)ccc2F)n1. The summed E-state index contributed by atoms with van der Waals surface area (Å²) in [6.07, 6.45) is 0. The van der Waals surface area contributed by atoms with E-state index in [4.69, 9.17) is 0 Å². The largest absolute Gasteiger partial charge is 0.354 e. The summed E-state index contributed by atoms with van der Waals surface area (Å²) >= 11 is 0. The molecule has 3 nitrogen and oxygen atoms in total. The summed E-state index contributed by atoms with van der Waals surface area (Å²) in [6, 6.07) is 4.93. The van der Waals surface area contributed by atoms with Crippen molar-refractivity contribution in [2.45, 2.75) is 13.8 Å². The molecule has 94 valence electrons. The standard InChI is InChI=1S/C13H13F2N3/c1-3-16-13-17-8(2)6-12(18-13)10-7-9(14)4-5-11(10)15/h4-7H,3H2,1-2H3,(H,16,17,18). The minimum atomic E-state index is -0.503. The summed E-state index contributed by atoms with van der Waals surface area (Å²) in [6.45, 7) is 4.35. The fraction of sp³-hybridized carbons (Fsp3) is 0.231. The summed E-state index contributed by atoms with van der Waals surface area (Å²) in [4.78, 5) is 8.33. The van der Waals surface area contributed by atoms with Gasteiger partial charge < -0.3 is 5.32 Å². The highest BCUT2D eigenvalue weighted by Crippen LogP contribution is 2.23. The van der Waals surface area contributed by atoms with Crippen LogP contribution in [0.1, 0.15) is 12.6 Å². The van der Waals surface area contributed by atoms with Crippen molar-refractivity contribution in [2.75, 3.05) is 11.9 Å². The molecule has 2 aromatic rings. The molecule has 0 aliphatic carbocycles. The third-order valence-corrected chi connectivity index (χ3v) is 2.39. The molecule has 0 aliphatic rings. The highest BCUT2D eigenvalue weighted by Gasteiger charge is 2.10. The molecule has 5 heteroatoms. The van der Waals surface area contributed by atoms with Crippen LogP contribution in [-0.4, -0.2) is 16.5 Å². The van der Waals surface area contributed by atoms with Gasteiger partial charge in [-0.15, -0.1) is 0 Å². The normalized spacial score (nSPS) is 10.4. The van der Waals surface area contributed by atoms with E-state index < -0.39 is 11.6 Å². The number of nitrogens with one attached hydrogen (secondary N) is 1. The van der Waals surface area contributed by atoms with E-state index in [1.165, 1.54) is 0 Å². The second kappa shape index (κ2) is 5.08. The topological polar surface area (TPSA) is 37.8 Å². The second-order valence-electron chi connectivity index (χ2n) is 3.87. The summed E-state index contributed by atoms with van der Waals surface area (Å²) in [5.41, 5.74) is 1.20. The van der Waals surface area contributed by atoms with Gasteiger partial charge in [-0.25, -0.2) is 18.7 Å². The molecule has 0 amide bonds. The Kier molecular flexibility index (Phi) is 3.50. The highest BCUT2D eigenvalue weighted by molar-refractivity contribution is 5.61. The zero-order valence-electron chi connectivity index (χ0n) is 10.2. The number of nitrogens with zero attached hydrogens (tertiary/aromatic N) is 2. The van der Waals surface area contributed by atoms with Gasteiger partial charge in [-0.2, -0.15) is 0 Å². The van der Waals surface area contributed by atoms with Crippen molar-refractivity contribution in [2.24, 2.45) is 0 Å². The maximum absolute atomic E-state index is 13.7. The van der Waals surface area contributed by atoms with E-state index in [0.717, 1.165) is 18.2 Å². The second-order valence-corrected chi connectivity index (χ2v) is 3.87. The Bertz CT molecular complexity index is 570. The molecule has 0 aliphatic heterocycles. The van der Waals surface area contributed by atoms with Gasteiger partial charge >= 0.3 is 0 Å². The monoisotopic (exact) mass is 249 g/mol. The summed E-state index contributed by atoms with van der Waals surface area (Å²) in [5, 5.41) is 2.95. The van der Waals surface area contributed by atoms with E-state index in [-0.39, 0.29) is 5.56 Å². The van der Waals surface area contributed by atoms with E-state index in [9.17, 15) is 8.78 Å². The third kappa shape index (κ3) is 2.61. The van der Waals surface area contributed by atoms with Crippen molar-refractivity contribution in [1.29, 1.82) is 0 Å². The lowest BCUT2D eigenvalue weighted by molar-refractivity contribution is 0.602. The van der Waals surface area contributed by atoms with Crippen LogP contribution in [0.3, 0.4) is 0 Å². The quantitative estimate of drug-likeness (QED) is 0.908. The molecule has 0 unspecified atom stereocenters. The molecule has 18 heavy (non-hydrogen) atoms. The molecule has 0 radical (unpaired) electrons. The van der Waals surface area contributed by atoms with Gasteiger partial charge in [0.2, 0.25) is 5.95 Å². The first-order valence-corrected chi connectivity index (χ1v) is 5.65. The molecule has 0 saturated heterocycles. The Hall–Kier alpha value is -2.04. The Labute approximate surface area is 104 Å². The van der Waals surface area contributed by atoms with Gasteiger partial charge in [0.1, 0.15) is 11.6 Å². The molecule has 0 bridgehead atoms. The smallest absolute Gasteiger partial charge is 0.223 e. The Morgan fingerprint density at radius 3 is 2.67 bits per heavy atom. The molecular formula is C13H13F2N3. The van der Waals surface area contributed by atoms with Gasteiger partial charge in [-0.05, 0) is 38.1 Å². The summed E-state index contributed by atoms with van der Waals surface area (Å²) in [5.74, 6) is -0.583. The van der Waals surface area contributed by atoms with E-state index in [1.807, 2.05) is 6.92 Å². The number of aromatic nitrogens is 2. The van der Waals surface area contributed by atoms with Gasteiger partial charge in [0.15, 0.2) is 0 Å². The number of anilines is 1. The first-order chi connectivity index (χ1) is 8.60. The lowest BCUT2D eigenvalue weighted by Crippen LogP contribution is -2.04. The zero-order chi connectivity index (χ0) is 13.1. The van der Waals surface area contributed by atoms with Crippen LogP contribution in [0, 0.1) is 18.6 Å². The first-order valence-electron chi connectivity index (χ1n) is 5.65. The average Bonchev–Trinajstić information content (AvgIpc) is 2.32. The van der Waals surface area contributed by atoms with Crippen LogP contribution in [0.2, 0.25) is 0 Å². The summed E-state index contributed by atoms with van der Waals surface area (Å²) < 4.78 is 26.8. The molecular weight excluding hydrogens is 236 g/mol. The van der Waals surface area contributed by atoms with E-state index in [0.29, 0.717) is 23.9 Å². The lowest BCUT2D eigenvalue weighted by Gasteiger charge is -2.07. The van der Waals surface area contributed by atoms with Crippen molar-refractivity contribution >= 4 is 5.95 Å². The van der Waals surface area contributed by atoms with Gasteiger partial charge in [0.25, 0.3) is 0 Å². The molecule has 1 N–H and O–H groups in total. The van der Waals surface area contributed by atoms with Gasteiger partial charge in [-0.3, -0.25) is 0 Å². The summed E-state index contributed by atoms with van der Waals surface area (Å²) in [7, 11) is 0. The number of hydrogen-bond donors (Lipinski definition) is 1. The van der Waals surface area contributed by atoms with Crippen LogP contribution in [0.15, 0.2) is 24.3 Å². The predicted octanol–water partition coefficient (Wildman–Crippen LogP) is 3.16. The Balaban J connectivity index is 2.52. The third-order valence-electron chi connectivity index (χ3n) is 2.39. The predicted molar refractivity (Wildman–Crippen MR) is 66.3 cm³/mol. The van der Waals surface area contributed by atoms with Gasteiger partial charge in [-0.1, -0.05) is 0 Å². The van der Waals surface area contributed by atoms with E-state index in [2.05, 4.69) is 15.3 Å². The van der Waals surface area contributed by atoms with Crippen LogP contribution in [0.5, 0.6) is 0 Å². The molecule has 0 fully saturated rings. The van der Waals surface area contributed by atoms with Crippen molar-refractivity contribution in [3.8, 4) is 11.3 Å². The van der Waals surface area contributed by atoms with Crippen LogP contribution >= 0.6 is 0 Å². The minimum absolute atomic E-state index is 0.139. The van der Waals surface area contributed by atoms with E-state index >= 15 is 0 Å². The first kappa shape index (κ1) is 12.4. The fourth-order valence-electron chi connectivity index (χ4n) is 1.64. The molecule has 1 aromatic heterocycles. The lowest BCUT2D eigenvalue weighted by atomic mass is 10.1. The van der Waals surface area contributed by atoms with Gasteiger partial charge in [0, 0.05) is 17.8 Å². The number of hydrogen-bond acceptors (Lipinski definition) is 3. The van der Waals surface area contributed by atoms with E-state index in [1.54, 1.807) is 13.0 Å². The van der Waals surface area contributed by atoms with Crippen LogP contribution in [0.25, 0.3) is 11.3 Å². The molecule has 0 saturated carbocycles. The molecule has 1 aromatic carbocycles. The maximum atomic E-state index is 13.7.